The number of hydrogen-bond acceptors (Lipinski definition) is 7. The highest BCUT2D eigenvalue weighted by Gasteiger charge is 2.36. The molecular formula is C25H26ClF3N6O. The van der Waals surface area contributed by atoms with Gasteiger partial charge < -0.3 is 14.5 Å². The highest BCUT2D eigenvalue weighted by atomic mass is 35.5. The Kier molecular flexibility index (Phi) is 7.27. The molecule has 7 nitrogen and oxygen atoms in total. The van der Waals surface area contributed by atoms with Crippen molar-refractivity contribution in [3.8, 4) is 11.3 Å². The first-order chi connectivity index (χ1) is 17.4. The van der Waals surface area contributed by atoms with Crippen molar-refractivity contribution >= 4 is 23.2 Å². The molecule has 2 aliphatic rings. The fourth-order valence-corrected chi connectivity index (χ4v) is 4.68. The van der Waals surface area contributed by atoms with E-state index in [2.05, 4.69) is 14.8 Å². The number of piperazine rings is 1. The zero-order valence-corrected chi connectivity index (χ0v) is 20.3. The number of pyridine rings is 1. The van der Waals surface area contributed by atoms with Gasteiger partial charge in [0.15, 0.2) is 0 Å². The molecule has 2 fully saturated rings. The number of aromatic nitrogens is 3. The molecule has 0 saturated carbocycles. The molecule has 0 atom stereocenters. The number of morpholine rings is 1. The van der Waals surface area contributed by atoms with Gasteiger partial charge in [-0.2, -0.15) is 13.2 Å². The molecule has 5 rings (SSSR count). The van der Waals surface area contributed by atoms with Gasteiger partial charge in [-0.15, -0.1) is 0 Å². The zero-order chi connectivity index (χ0) is 25.1. The first-order valence-electron chi connectivity index (χ1n) is 11.8. The quantitative estimate of drug-likeness (QED) is 0.497. The van der Waals surface area contributed by atoms with Crippen molar-refractivity contribution in [1.29, 1.82) is 0 Å². The lowest BCUT2D eigenvalue weighted by molar-refractivity contribution is -0.137. The van der Waals surface area contributed by atoms with E-state index in [-0.39, 0.29) is 5.82 Å². The Morgan fingerprint density at radius 2 is 1.64 bits per heavy atom. The number of alkyl halides is 3. The van der Waals surface area contributed by atoms with Crippen molar-refractivity contribution in [1.82, 2.24) is 19.9 Å². The molecule has 2 aliphatic heterocycles. The van der Waals surface area contributed by atoms with Crippen LogP contribution >= 0.6 is 11.6 Å². The van der Waals surface area contributed by atoms with Crippen LogP contribution in [0, 0.1) is 0 Å². The summed E-state index contributed by atoms with van der Waals surface area (Å²) in [5.41, 5.74) is 0.935. The number of ether oxygens (including phenoxy) is 1. The average molecular weight is 519 g/mol. The van der Waals surface area contributed by atoms with Crippen LogP contribution in [-0.4, -0.2) is 72.3 Å². The van der Waals surface area contributed by atoms with E-state index in [1.807, 2.05) is 30.3 Å². The summed E-state index contributed by atoms with van der Waals surface area (Å²) in [7, 11) is 0. The number of benzene rings is 1. The van der Waals surface area contributed by atoms with Crippen LogP contribution in [-0.2, 0) is 17.5 Å². The molecule has 0 radical (unpaired) electrons. The Morgan fingerprint density at radius 3 is 2.36 bits per heavy atom. The third-order valence-corrected chi connectivity index (χ3v) is 6.58. The molecule has 1 aromatic carbocycles. The van der Waals surface area contributed by atoms with E-state index in [9.17, 15) is 13.2 Å². The SMILES string of the molecule is FC(F)(F)c1cccnc1N1CCN(c2cc(-c3cccc(Cl)c3)nc(CN3CCOCC3)n2)CC1. The molecule has 190 valence electrons. The molecule has 0 aliphatic carbocycles. The van der Waals surface area contributed by atoms with Gasteiger partial charge in [0.25, 0.3) is 0 Å². The van der Waals surface area contributed by atoms with Crippen LogP contribution in [0.5, 0.6) is 0 Å². The monoisotopic (exact) mass is 518 g/mol. The van der Waals surface area contributed by atoms with Gasteiger partial charge in [0.05, 0.1) is 31.0 Å². The minimum Gasteiger partial charge on any atom is -0.379 e. The number of rotatable bonds is 5. The second-order valence-electron chi connectivity index (χ2n) is 8.77. The third kappa shape index (κ3) is 5.71. The first kappa shape index (κ1) is 24.7. The zero-order valence-electron chi connectivity index (χ0n) is 19.6. The van der Waals surface area contributed by atoms with Crippen molar-refractivity contribution in [3.05, 3.63) is 65.1 Å². The minimum atomic E-state index is -4.45. The van der Waals surface area contributed by atoms with Crippen LogP contribution in [0.3, 0.4) is 0 Å². The lowest BCUT2D eigenvalue weighted by atomic mass is 10.1. The van der Waals surface area contributed by atoms with Gasteiger partial charge >= 0.3 is 6.18 Å². The molecule has 0 bridgehead atoms. The maximum absolute atomic E-state index is 13.5. The van der Waals surface area contributed by atoms with Crippen molar-refractivity contribution in [2.75, 3.05) is 62.3 Å². The Morgan fingerprint density at radius 1 is 0.889 bits per heavy atom. The van der Waals surface area contributed by atoms with Crippen molar-refractivity contribution in [3.63, 3.8) is 0 Å². The van der Waals surface area contributed by atoms with Crippen LogP contribution in [0.15, 0.2) is 48.7 Å². The average Bonchev–Trinajstić information content (AvgIpc) is 2.89. The predicted molar refractivity (Wildman–Crippen MR) is 132 cm³/mol. The summed E-state index contributed by atoms with van der Waals surface area (Å²) < 4.78 is 46.0. The normalized spacial score (nSPS) is 17.4. The van der Waals surface area contributed by atoms with Crippen molar-refractivity contribution in [2.45, 2.75) is 12.7 Å². The summed E-state index contributed by atoms with van der Waals surface area (Å²) >= 11 is 6.23. The highest BCUT2D eigenvalue weighted by molar-refractivity contribution is 6.30. The van der Waals surface area contributed by atoms with Gasteiger partial charge in [-0.05, 0) is 24.3 Å². The molecule has 0 unspecified atom stereocenters. The van der Waals surface area contributed by atoms with Gasteiger partial charge in [0.1, 0.15) is 17.5 Å². The summed E-state index contributed by atoms with van der Waals surface area (Å²) in [6.45, 7) is 5.38. The Labute approximate surface area is 212 Å². The topological polar surface area (TPSA) is 57.6 Å². The molecule has 0 amide bonds. The maximum atomic E-state index is 13.5. The van der Waals surface area contributed by atoms with E-state index in [0.717, 1.165) is 36.2 Å². The predicted octanol–water partition coefficient (Wildman–Crippen LogP) is 4.37. The van der Waals surface area contributed by atoms with Crippen LogP contribution in [0.25, 0.3) is 11.3 Å². The van der Waals surface area contributed by atoms with E-state index < -0.39 is 11.7 Å². The van der Waals surface area contributed by atoms with Crippen molar-refractivity contribution in [2.24, 2.45) is 0 Å². The lowest BCUT2D eigenvalue weighted by Crippen LogP contribution is -2.47. The summed E-state index contributed by atoms with van der Waals surface area (Å²) in [5.74, 6) is 1.41. The van der Waals surface area contributed by atoms with Crippen LogP contribution in [0.2, 0.25) is 5.02 Å². The Balaban J connectivity index is 1.39. The van der Waals surface area contributed by atoms with E-state index in [0.29, 0.717) is 56.8 Å². The van der Waals surface area contributed by atoms with Crippen LogP contribution in [0.4, 0.5) is 24.8 Å². The van der Waals surface area contributed by atoms with Gasteiger partial charge in [0.2, 0.25) is 0 Å². The number of hydrogen-bond donors (Lipinski definition) is 0. The second kappa shape index (κ2) is 10.6. The highest BCUT2D eigenvalue weighted by Crippen LogP contribution is 2.35. The maximum Gasteiger partial charge on any atom is 0.419 e. The summed E-state index contributed by atoms with van der Waals surface area (Å²) in [6.07, 6.45) is -3.05. The first-order valence-corrected chi connectivity index (χ1v) is 12.2. The fraction of sp³-hybridized carbons (Fsp3) is 0.400. The number of nitrogens with zero attached hydrogens (tertiary/aromatic N) is 6. The van der Waals surface area contributed by atoms with Gasteiger partial charge in [-0.3, -0.25) is 4.90 Å². The van der Waals surface area contributed by atoms with E-state index >= 15 is 0 Å². The smallest absolute Gasteiger partial charge is 0.379 e. The molecule has 11 heteroatoms. The molecular weight excluding hydrogens is 493 g/mol. The summed E-state index contributed by atoms with van der Waals surface area (Å²) in [5, 5.41) is 0.617. The molecule has 2 aromatic heterocycles. The molecule has 0 spiro atoms. The largest absolute Gasteiger partial charge is 0.419 e. The van der Waals surface area contributed by atoms with E-state index in [1.54, 1.807) is 4.90 Å². The van der Waals surface area contributed by atoms with Crippen LogP contribution in [0.1, 0.15) is 11.4 Å². The molecule has 36 heavy (non-hydrogen) atoms. The summed E-state index contributed by atoms with van der Waals surface area (Å²) in [4.78, 5) is 19.7. The van der Waals surface area contributed by atoms with Gasteiger partial charge in [-0.25, -0.2) is 15.0 Å². The number of anilines is 2. The second-order valence-corrected chi connectivity index (χ2v) is 9.21. The third-order valence-electron chi connectivity index (χ3n) is 6.34. The van der Waals surface area contributed by atoms with E-state index in [4.69, 9.17) is 26.3 Å². The van der Waals surface area contributed by atoms with Gasteiger partial charge in [-0.1, -0.05) is 23.7 Å². The van der Waals surface area contributed by atoms with E-state index in [1.165, 1.54) is 12.3 Å². The van der Waals surface area contributed by atoms with Gasteiger partial charge in [0, 0.05) is 62.1 Å². The minimum absolute atomic E-state index is 0.0278. The lowest BCUT2D eigenvalue weighted by Gasteiger charge is -2.37. The standard InChI is InChI=1S/C25H26ClF3N6O/c26-19-4-1-3-18(15-19)21-16-23(32-22(31-21)17-33-11-13-36-14-12-33)34-7-9-35(10-8-34)24-20(25(27,28)29)5-2-6-30-24/h1-6,15-16H,7-14,17H2. The molecule has 4 heterocycles. The molecule has 0 N–H and O–H groups in total. The Hall–Kier alpha value is -2.95. The van der Waals surface area contributed by atoms with Crippen molar-refractivity contribution < 1.29 is 17.9 Å². The molecule has 2 saturated heterocycles. The Bertz CT molecular complexity index is 1200. The fourth-order valence-electron chi connectivity index (χ4n) is 4.49. The summed E-state index contributed by atoms with van der Waals surface area (Å²) in [6, 6.07) is 11.8. The van der Waals surface area contributed by atoms with Crippen LogP contribution < -0.4 is 9.80 Å². The number of halogens is 4. The molecule has 3 aromatic rings.